The lowest BCUT2D eigenvalue weighted by Gasteiger charge is -2.08. The van der Waals surface area contributed by atoms with Crippen molar-refractivity contribution in [3.05, 3.63) is 90.2 Å². The Morgan fingerprint density at radius 1 is 0.929 bits per heavy atom. The quantitative estimate of drug-likeness (QED) is 0.315. The molecular formula is C23H17FN2O2. The molecule has 0 spiro atoms. The zero-order valence-corrected chi connectivity index (χ0v) is 14.9. The van der Waals surface area contributed by atoms with Gasteiger partial charge in [-0.3, -0.25) is 4.79 Å². The van der Waals surface area contributed by atoms with Crippen LogP contribution < -0.4 is 10.2 Å². The maximum absolute atomic E-state index is 12.9. The molecule has 4 aromatic rings. The summed E-state index contributed by atoms with van der Waals surface area (Å²) in [4.78, 5) is 12.0. The van der Waals surface area contributed by atoms with Gasteiger partial charge in [-0.15, -0.1) is 0 Å². The first kappa shape index (κ1) is 17.7. The van der Waals surface area contributed by atoms with Gasteiger partial charge in [-0.25, -0.2) is 9.82 Å². The van der Waals surface area contributed by atoms with Crippen LogP contribution in [0.5, 0.6) is 5.75 Å². The summed E-state index contributed by atoms with van der Waals surface area (Å²) in [5.41, 5.74) is 3.41. The number of nitrogens with zero attached hydrogens (tertiary/aromatic N) is 1. The molecule has 4 nitrogen and oxygen atoms in total. The average molecular weight is 372 g/mol. The number of ether oxygens (including phenoxy) is 1. The predicted molar refractivity (Wildman–Crippen MR) is 109 cm³/mol. The molecule has 0 aliphatic carbocycles. The van der Waals surface area contributed by atoms with Crippen LogP contribution in [-0.2, 0) is 4.79 Å². The summed E-state index contributed by atoms with van der Waals surface area (Å²) in [7, 11) is 0. The van der Waals surface area contributed by atoms with Crippen molar-refractivity contribution in [3.63, 3.8) is 0 Å². The van der Waals surface area contributed by atoms with Gasteiger partial charge in [-0.05, 0) is 51.9 Å². The van der Waals surface area contributed by atoms with Crippen molar-refractivity contribution < 1.29 is 13.9 Å². The van der Waals surface area contributed by atoms with Crippen molar-refractivity contribution in [2.75, 3.05) is 6.61 Å². The standard InChI is InChI=1S/C23H17FN2O2/c24-18-9-11-19(12-10-18)28-15-23(27)26-25-14-22-20-7-3-1-5-16(20)13-17-6-2-4-8-21(17)22/h1-14H,15H2,(H,26,27)/b25-14+. The average Bonchev–Trinajstić information content (AvgIpc) is 2.73. The van der Waals surface area contributed by atoms with Crippen LogP contribution in [0.1, 0.15) is 5.56 Å². The third kappa shape index (κ3) is 3.83. The third-order valence-electron chi connectivity index (χ3n) is 4.38. The van der Waals surface area contributed by atoms with Crippen LogP contribution >= 0.6 is 0 Å². The van der Waals surface area contributed by atoms with Gasteiger partial charge in [0.25, 0.3) is 5.91 Å². The summed E-state index contributed by atoms with van der Waals surface area (Å²) >= 11 is 0. The Labute approximate surface area is 161 Å². The molecule has 138 valence electrons. The molecule has 28 heavy (non-hydrogen) atoms. The van der Waals surface area contributed by atoms with Crippen molar-refractivity contribution >= 4 is 33.7 Å². The molecule has 1 N–H and O–H groups in total. The largest absolute Gasteiger partial charge is 0.484 e. The Bertz CT molecular complexity index is 1120. The lowest BCUT2D eigenvalue weighted by atomic mass is 9.97. The molecule has 5 heteroatoms. The maximum Gasteiger partial charge on any atom is 0.277 e. The molecule has 0 bridgehead atoms. The third-order valence-corrected chi connectivity index (χ3v) is 4.38. The Kier molecular flexibility index (Phi) is 4.97. The number of hydrogen-bond donors (Lipinski definition) is 1. The molecule has 0 unspecified atom stereocenters. The van der Waals surface area contributed by atoms with E-state index >= 15 is 0 Å². The highest BCUT2D eigenvalue weighted by atomic mass is 19.1. The van der Waals surface area contributed by atoms with E-state index in [0.717, 1.165) is 27.1 Å². The van der Waals surface area contributed by atoms with Crippen molar-refractivity contribution in [1.29, 1.82) is 0 Å². The van der Waals surface area contributed by atoms with Crippen molar-refractivity contribution in [2.24, 2.45) is 5.10 Å². The van der Waals surface area contributed by atoms with Gasteiger partial charge in [0.1, 0.15) is 11.6 Å². The van der Waals surface area contributed by atoms with Gasteiger partial charge in [-0.1, -0.05) is 48.5 Å². The summed E-state index contributed by atoms with van der Waals surface area (Å²) in [5.74, 6) is -0.339. The van der Waals surface area contributed by atoms with Crippen LogP contribution in [0.3, 0.4) is 0 Å². The van der Waals surface area contributed by atoms with Crippen molar-refractivity contribution in [3.8, 4) is 5.75 Å². The molecular weight excluding hydrogens is 355 g/mol. The zero-order chi connectivity index (χ0) is 19.3. The summed E-state index contributed by atoms with van der Waals surface area (Å²) in [6.45, 7) is -0.209. The van der Waals surface area contributed by atoms with Crippen LogP contribution in [0, 0.1) is 5.82 Å². The normalized spacial score (nSPS) is 11.2. The van der Waals surface area contributed by atoms with Gasteiger partial charge in [0, 0.05) is 5.56 Å². The minimum absolute atomic E-state index is 0.209. The first-order valence-corrected chi connectivity index (χ1v) is 8.81. The van der Waals surface area contributed by atoms with Gasteiger partial charge >= 0.3 is 0 Å². The van der Waals surface area contributed by atoms with Gasteiger partial charge in [-0.2, -0.15) is 5.10 Å². The second-order valence-electron chi connectivity index (χ2n) is 6.27. The van der Waals surface area contributed by atoms with Crippen LogP contribution in [0.25, 0.3) is 21.5 Å². The molecule has 0 aromatic heterocycles. The van der Waals surface area contributed by atoms with Crippen LogP contribution in [0.2, 0.25) is 0 Å². The van der Waals surface area contributed by atoms with E-state index in [-0.39, 0.29) is 12.4 Å². The highest BCUT2D eigenvalue weighted by molar-refractivity contribution is 6.13. The number of hydrazone groups is 1. The SMILES string of the molecule is O=C(COc1ccc(F)cc1)N/N=C/c1c2ccccc2cc2ccccc12. The number of carbonyl (C=O) groups is 1. The number of carbonyl (C=O) groups excluding carboxylic acids is 1. The maximum atomic E-state index is 12.9. The van der Waals surface area contributed by atoms with Crippen molar-refractivity contribution in [2.45, 2.75) is 0 Å². The molecule has 0 radical (unpaired) electrons. The molecule has 0 heterocycles. The number of nitrogens with one attached hydrogen (secondary N) is 1. The molecule has 4 rings (SSSR count). The van der Waals surface area contributed by atoms with Gasteiger partial charge < -0.3 is 4.74 Å². The Hall–Kier alpha value is -3.73. The second kappa shape index (κ2) is 7.88. The number of hydrogen-bond acceptors (Lipinski definition) is 3. The van der Waals surface area contributed by atoms with Crippen molar-refractivity contribution in [1.82, 2.24) is 5.43 Å². The van der Waals surface area contributed by atoms with E-state index in [9.17, 15) is 9.18 Å². The molecule has 0 atom stereocenters. The first-order chi connectivity index (χ1) is 13.7. The molecule has 0 aliphatic heterocycles. The van der Waals surface area contributed by atoms with E-state index in [1.54, 1.807) is 6.21 Å². The van der Waals surface area contributed by atoms with E-state index in [1.807, 2.05) is 48.5 Å². The Balaban J connectivity index is 1.51. The molecule has 0 saturated carbocycles. The van der Waals surface area contributed by atoms with E-state index in [1.165, 1.54) is 24.3 Å². The van der Waals surface area contributed by atoms with E-state index in [2.05, 4.69) is 16.6 Å². The summed E-state index contributed by atoms with van der Waals surface area (Å²) in [5, 5.41) is 8.43. The smallest absolute Gasteiger partial charge is 0.277 e. The van der Waals surface area contributed by atoms with Crippen LogP contribution in [0.4, 0.5) is 4.39 Å². The summed E-state index contributed by atoms with van der Waals surface area (Å²) in [6.07, 6.45) is 1.65. The topological polar surface area (TPSA) is 50.7 Å². The van der Waals surface area contributed by atoms with Crippen LogP contribution in [-0.4, -0.2) is 18.7 Å². The number of fused-ring (bicyclic) bond motifs is 2. The van der Waals surface area contributed by atoms with E-state index in [4.69, 9.17) is 4.74 Å². The number of rotatable bonds is 5. The summed E-state index contributed by atoms with van der Waals surface area (Å²) < 4.78 is 18.2. The van der Waals surface area contributed by atoms with Gasteiger partial charge in [0.2, 0.25) is 0 Å². The fraction of sp³-hybridized carbons (Fsp3) is 0.0435. The number of amides is 1. The lowest BCUT2D eigenvalue weighted by Crippen LogP contribution is -2.24. The zero-order valence-electron chi connectivity index (χ0n) is 14.9. The van der Waals surface area contributed by atoms with E-state index in [0.29, 0.717) is 5.75 Å². The molecule has 1 amide bonds. The fourth-order valence-electron chi connectivity index (χ4n) is 3.07. The molecule has 0 aliphatic rings. The highest BCUT2D eigenvalue weighted by Crippen LogP contribution is 2.27. The molecule has 0 fully saturated rings. The first-order valence-electron chi connectivity index (χ1n) is 8.81. The second-order valence-corrected chi connectivity index (χ2v) is 6.27. The lowest BCUT2D eigenvalue weighted by molar-refractivity contribution is -0.123. The minimum Gasteiger partial charge on any atom is -0.484 e. The number of halogens is 1. The Morgan fingerprint density at radius 2 is 1.54 bits per heavy atom. The monoisotopic (exact) mass is 372 g/mol. The fourth-order valence-corrected chi connectivity index (χ4v) is 3.07. The predicted octanol–water partition coefficient (Wildman–Crippen LogP) is 4.66. The van der Waals surface area contributed by atoms with Crippen LogP contribution in [0.15, 0.2) is 84.0 Å². The molecule has 4 aromatic carbocycles. The van der Waals surface area contributed by atoms with Gasteiger partial charge in [0.15, 0.2) is 6.61 Å². The molecule has 0 saturated heterocycles. The Morgan fingerprint density at radius 3 is 2.18 bits per heavy atom. The van der Waals surface area contributed by atoms with Gasteiger partial charge in [0.05, 0.1) is 6.21 Å². The summed E-state index contributed by atoms with van der Waals surface area (Å²) in [6, 6.07) is 23.7. The van der Waals surface area contributed by atoms with E-state index < -0.39 is 5.91 Å². The number of benzene rings is 4. The highest BCUT2D eigenvalue weighted by Gasteiger charge is 2.06. The minimum atomic E-state index is -0.398.